The summed E-state index contributed by atoms with van der Waals surface area (Å²) in [7, 11) is -9.91. The standard InChI is InChI=1S/C78H152O17P2/c1-7-9-11-13-15-16-17-18-19-20-21-22-23-24-25-33-38-44-50-56-62-78(83)95-74(67-89-76(81)61-55-49-43-37-32-28-26-30-35-41-46-52-58-70(3)4)69-93-97(86,87)91-65-72(79)64-90-96(84,85)92-68-73(66-88-75(80)60-54-48-40-14-12-10-8-2)94-77(82)63-57-51-45-39-34-29-27-31-36-42-47-53-59-71(5)6/h70-74,79H,7-69H2,1-6H3,(H,84,85)(H,86,87)/t72-,73+,74+/m0/s1. The van der Waals surface area contributed by atoms with Crippen LogP contribution in [0.2, 0.25) is 0 Å². The maximum Gasteiger partial charge on any atom is 0.472 e. The van der Waals surface area contributed by atoms with Gasteiger partial charge in [-0.15, -0.1) is 0 Å². The summed E-state index contributed by atoms with van der Waals surface area (Å²) in [6.45, 7) is 9.59. The largest absolute Gasteiger partial charge is 0.472 e. The Bertz CT molecular complexity index is 1870. The number of hydrogen-bond donors (Lipinski definition) is 3. The molecule has 19 heteroatoms. The first-order valence-corrected chi connectivity index (χ1v) is 43.5. The van der Waals surface area contributed by atoms with Gasteiger partial charge in [-0.1, -0.05) is 356 Å². The third-order valence-electron chi connectivity index (χ3n) is 18.2. The van der Waals surface area contributed by atoms with Crippen LogP contribution in [0.1, 0.15) is 408 Å². The first-order chi connectivity index (χ1) is 46.9. The number of ether oxygens (including phenoxy) is 4. The van der Waals surface area contributed by atoms with Gasteiger partial charge in [0, 0.05) is 25.7 Å². The van der Waals surface area contributed by atoms with Gasteiger partial charge < -0.3 is 33.8 Å². The first-order valence-electron chi connectivity index (χ1n) is 40.5. The summed E-state index contributed by atoms with van der Waals surface area (Å²) in [5.41, 5.74) is 0. The van der Waals surface area contributed by atoms with Gasteiger partial charge in [0.25, 0.3) is 0 Å². The van der Waals surface area contributed by atoms with Crippen molar-refractivity contribution in [3.63, 3.8) is 0 Å². The van der Waals surface area contributed by atoms with Crippen molar-refractivity contribution in [3.8, 4) is 0 Å². The molecule has 0 spiro atoms. The lowest BCUT2D eigenvalue weighted by Gasteiger charge is -2.21. The van der Waals surface area contributed by atoms with Crippen molar-refractivity contribution in [1.82, 2.24) is 0 Å². The van der Waals surface area contributed by atoms with Gasteiger partial charge in [0.05, 0.1) is 26.4 Å². The van der Waals surface area contributed by atoms with E-state index in [1.807, 2.05) is 0 Å². The predicted octanol–water partition coefficient (Wildman–Crippen LogP) is 23.1. The van der Waals surface area contributed by atoms with Gasteiger partial charge in [0.1, 0.15) is 19.3 Å². The number of aliphatic hydroxyl groups is 1. The summed E-state index contributed by atoms with van der Waals surface area (Å²) in [6.07, 6.45) is 58.4. The molecule has 0 aliphatic heterocycles. The van der Waals surface area contributed by atoms with Crippen molar-refractivity contribution in [3.05, 3.63) is 0 Å². The normalized spacial score (nSPS) is 14.0. The van der Waals surface area contributed by atoms with Crippen molar-refractivity contribution < 1.29 is 80.2 Å². The Morgan fingerprint density at radius 1 is 0.278 bits per heavy atom. The molecular formula is C78H152O17P2. The first kappa shape index (κ1) is 95.1. The van der Waals surface area contributed by atoms with Gasteiger partial charge in [-0.05, 0) is 37.5 Å². The molecular weight excluding hydrogens is 1270 g/mol. The number of phosphoric ester groups is 2. The Balaban J connectivity index is 5.18. The number of carbonyl (C=O) groups excluding carboxylic acids is 4. The Morgan fingerprint density at radius 2 is 0.474 bits per heavy atom. The average molecular weight is 1420 g/mol. The average Bonchev–Trinajstić information content (AvgIpc) is 1.73. The minimum Gasteiger partial charge on any atom is -0.462 e. The van der Waals surface area contributed by atoms with E-state index in [1.165, 1.54) is 212 Å². The molecule has 0 aromatic carbocycles. The van der Waals surface area contributed by atoms with Gasteiger partial charge in [0.2, 0.25) is 0 Å². The summed E-state index contributed by atoms with van der Waals surface area (Å²) >= 11 is 0. The lowest BCUT2D eigenvalue weighted by molar-refractivity contribution is -0.161. The highest BCUT2D eigenvalue weighted by Crippen LogP contribution is 2.45. The molecule has 0 heterocycles. The van der Waals surface area contributed by atoms with Crippen molar-refractivity contribution in [2.24, 2.45) is 11.8 Å². The van der Waals surface area contributed by atoms with Crippen LogP contribution in [-0.4, -0.2) is 96.7 Å². The third-order valence-corrected chi connectivity index (χ3v) is 20.1. The smallest absolute Gasteiger partial charge is 0.462 e. The number of aliphatic hydroxyl groups excluding tert-OH is 1. The fourth-order valence-corrected chi connectivity index (χ4v) is 13.6. The molecule has 0 aromatic heterocycles. The molecule has 0 amide bonds. The zero-order valence-corrected chi connectivity index (χ0v) is 65.2. The molecule has 17 nitrogen and oxygen atoms in total. The Hall–Kier alpha value is -1.94. The SMILES string of the molecule is CCCCCCCCCCCCCCCCCCCCCCC(=O)O[C@H](COC(=O)CCCCCCCCCCCCCCC(C)C)COP(=O)(O)OC[C@@H](O)COP(=O)(O)OC[C@@H](COC(=O)CCCCCCCCC)OC(=O)CCCCCCCCCCCCCCC(C)C. The van der Waals surface area contributed by atoms with Crippen LogP contribution in [0.5, 0.6) is 0 Å². The second kappa shape index (κ2) is 69.8. The molecule has 576 valence electrons. The molecule has 0 aromatic rings. The van der Waals surface area contributed by atoms with Crippen LogP contribution in [-0.2, 0) is 65.4 Å². The topological polar surface area (TPSA) is 237 Å². The second-order valence-corrected chi connectivity index (χ2v) is 32.0. The predicted molar refractivity (Wildman–Crippen MR) is 395 cm³/mol. The van der Waals surface area contributed by atoms with Gasteiger partial charge in [-0.25, -0.2) is 9.13 Å². The minimum absolute atomic E-state index is 0.107. The molecule has 97 heavy (non-hydrogen) atoms. The molecule has 2 unspecified atom stereocenters. The van der Waals surface area contributed by atoms with Crippen LogP contribution in [0, 0.1) is 11.8 Å². The minimum atomic E-state index is -4.96. The molecule has 3 N–H and O–H groups in total. The zero-order chi connectivity index (χ0) is 71.4. The lowest BCUT2D eigenvalue weighted by atomic mass is 10.0. The van der Waals surface area contributed by atoms with E-state index in [0.717, 1.165) is 115 Å². The van der Waals surface area contributed by atoms with Gasteiger partial charge in [-0.2, -0.15) is 0 Å². The van der Waals surface area contributed by atoms with E-state index in [0.29, 0.717) is 25.7 Å². The molecule has 0 rings (SSSR count). The van der Waals surface area contributed by atoms with Gasteiger partial charge in [-0.3, -0.25) is 37.3 Å². The number of carbonyl (C=O) groups is 4. The number of esters is 4. The highest BCUT2D eigenvalue weighted by Gasteiger charge is 2.30. The maximum atomic E-state index is 13.1. The molecule has 0 bridgehead atoms. The van der Waals surface area contributed by atoms with Crippen molar-refractivity contribution in [2.45, 2.75) is 426 Å². The summed E-state index contributed by atoms with van der Waals surface area (Å²) < 4.78 is 68.5. The summed E-state index contributed by atoms with van der Waals surface area (Å²) in [5, 5.41) is 10.6. The fourth-order valence-electron chi connectivity index (χ4n) is 12.0. The van der Waals surface area contributed by atoms with E-state index in [4.69, 9.17) is 37.0 Å². The van der Waals surface area contributed by atoms with E-state index in [-0.39, 0.29) is 25.7 Å². The van der Waals surface area contributed by atoms with Gasteiger partial charge >= 0.3 is 39.5 Å². The number of rotatable bonds is 77. The summed E-state index contributed by atoms with van der Waals surface area (Å²) in [4.78, 5) is 72.8. The van der Waals surface area contributed by atoms with Crippen molar-refractivity contribution >= 4 is 39.5 Å². The highest BCUT2D eigenvalue weighted by atomic mass is 31.2. The number of hydrogen-bond acceptors (Lipinski definition) is 15. The van der Waals surface area contributed by atoms with E-state index in [9.17, 15) is 43.2 Å². The Kier molecular flexibility index (Phi) is 68.4. The quantitative estimate of drug-likeness (QED) is 0.0222. The summed E-state index contributed by atoms with van der Waals surface area (Å²) in [6, 6.07) is 0. The maximum absolute atomic E-state index is 13.1. The fraction of sp³-hybridized carbons (Fsp3) is 0.949. The molecule has 0 radical (unpaired) electrons. The van der Waals surface area contributed by atoms with E-state index < -0.39 is 97.5 Å². The lowest BCUT2D eigenvalue weighted by Crippen LogP contribution is -2.30. The molecule has 0 saturated carbocycles. The van der Waals surface area contributed by atoms with Gasteiger partial charge in [0.15, 0.2) is 12.2 Å². The Labute approximate surface area is 594 Å². The molecule has 0 aliphatic rings. The zero-order valence-electron chi connectivity index (χ0n) is 63.4. The van der Waals surface area contributed by atoms with Crippen LogP contribution >= 0.6 is 15.6 Å². The number of phosphoric acid groups is 2. The molecule has 0 fully saturated rings. The molecule has 5 atom stereocenters. The van der Waals surface area contributed by atoms with E-state index >= 15 is 0 Å². The Morgan fingerprint density at radius 3 is 0.701 bits per heavy atom. The highest BCUT2D eigenvalue weighted by molar-refractivity contribution is 7.47. The summed E-state index contributed by atoms with van der Waals surface area (Å²) in [5.74, 6) is -0.559. The molecule has 0 saturated heterocycles. The van der Waals surface area contributed by atoms with Crippen LogP contribution in [0.25, 0.3) is 0 Å². The van der Waals surface area contributed by atoms with E-state index in [1.54, 1.807) is 0 Å². The van der Waals surface area contributed by atoms with Crippen LogP contribution in [0.4, 0.5) is 0 Å². The van der Waals surface area contributed by atoms with Crippen LogP contribution < -0.4 is 0 Å². The van der Waals surface area contributed by atoms with E-state index in [2.05, 4.69) is 41.5 Å². The number of unbranched alkanes of at least 4 members (excludes halogenated alkanes) is 47. The van der Waals surface area contributed by atoms with Crippen LogP contribution in [0.15, 0.2) is 0 Å². The van der Waals surface area contributed by atoms with Crippen molar-refractivity contribution in [1.29, 1.82) is 0 Å². The monoisotopic (exact) mass is 1420 g/mol. The van der Waals surface area contributed by atoms with Crippen molar-refractivity contribution in [2.75, 3.05) is 39.6 Å². The van der Waals surface area contributed by atoms with Crippen LogP contribution in [0.3, 0.4) is 0 Å². The second-order valence-electron chi connectivity index (χ2n) is 29.1. The third kappa shape index (κ3) is 72.2. The molecule has 0 aliphatic carbocycles.